The molecule has 15 heteroatoms. The van der Waals surface area contributed by atoms with E-state index in [2.05, 4.69) is 37.2 Å². The number of aliphatic carboxylic acids is 1. The summed E-state index contributed by atoms with van der Waals surface area (Å²) in [4.78, 5) is 57.5. The number of carbonyl (C=O) groups excluding carboxylic acids is 3. The summed E-state index contributed by atoms with van der Waals surface area (Å²) in [6, 6.07) is -1.24. The lowest BCUT2D eigenvalue weighted by Crippen LogP contribution is -2.57. The highest BCUT2D eigenvalue weighted by Crippen LogP contribution is 2.46. The molecule has 5 heterocycles. The van der Waals surface area contributed by atoms with Crippen LogP contribution in [0.25, 0.3) is 0 Å². The Morgan fingerprint density at radius 3 is 2.56 bits per heavy atom. The van der Waals surface area contributed by atoms with Crippen LogP contribution in [-0.2, 0) is 23.9 Å². The smallest absolute Gasteiger partial charge is 0.330 e. The van der Waals surface area contributed by atoms with Crippen LogP contribution >= 0.6 is 11.8 Å². The zero-order valence-electron chi connectivity index (χ0n) is 31.8. The number of allylic oxidation sites excluding steroid dienone is 1. The number of carbonyl (C=O) groups is 4. The van der Waals surface area contributed by atoms with Crippen molar-refractivity contribution >= 4 is 35.5 Å². The fraction of sp³-hybridized carbons (Fsp3) is 0.846. The number of carboxylic acid groups (broad SMARTS) is 1. The molecule has 3 amide bonds. The van der Waals surface area contributed by atoms with E-state index in [0.717, 1.165) is 82.9 Å². The fourth-order valence-corrected chi connectivity index (χ4v) is 12.1. The Balaban J connectivity index is 1.04. The minimum absolute atomic E-state index is 0.0724. The Morgan fingerprint density at radius 2 is 1.78 bits per heavy atom. The SMILES string of the molecule is COC1CCC(C2NN([C@@H]3C[C@H]4C(=O)N[C@@]5(C(=O)O)C[C@H]5/C=C\CCCCC[C@@H](NC(=O)C5CNC6CCCCC65)C(=O)N4C3)NC2C2NCCS2)CC1. The van der Waals surface area contributed by atoms with Gasteiger partial charge < -0.3 is 36.0 Å². The van der Waals surface area contributed by atoms with Gasteiger partial charge in [0.05, 0.1) is 29.5 Å². The van der Waals surface area contributed by atoms with E-state index in [0.29, 0.717) is 43.9 Å². The van der Waals surface area contributed by atoms with Crippen LogP contribution in [0, 0.1) is 23.7 Å². The number of rotatable bonds is 7. The third-order valence-corrected chi connectivity index (χ3v) is 15.4. The molecule has 7 fully saturated rings. The van der Waals surface area contributed by atoms with Crippen LogP contribution in [0.3, 0.4) is 0 Å². The van der Waals surface area contributed by atoms with Crippen LogP contribution in [0.1, 0.15) is 96.3 Å². The number of carboxylic acids is 1. The highest BCUT2D eigenvalue weighted by molar-refractivity contribution is 8.00. The Hall–Kier alpha value is -2.27. The molecular formula is C39H62N8O6S. The van der Waals surface area contributed by atoms with Crippen LogP contribution in [0.4, 0.5) is 0 Å². The van der Waals surface area contributed by atoms with E-state index in [9.17, 15) is 24.3 Å². The number of amides is 3. The maximum atomic E-state index is 14.9. The normalized spacial score (nSPS) is 44.0. The second-order valence-corrected chi connectivity index (χ2v) is 18.6. The number of fused-ring (bicyclic) bond motifs is 3. The highest BCUT2D eigenvalue weighted by atomic mass is 32.2. The van der Waals surface area contributed by atoms with Gasteiger partial charge in [0.25, 0.3) is 0 Å². The molecule has 0 radical (unpaired) electrons. The van der Waals surface area contributed by atoms with Crippen LogP contribution in [0.2, 0.25) is 0 Å². The molecule has 7 N–H and O–H groups in total. The first-order valence-electron chi connectivity index (χ1n) is 21.0. The average molecular weight is 771 g/mol. The first kappa shape index (κ1) is 38.6. The van der Waals surface area contributed by atoms with Gasteiger partial charge in [0.2, 0.25) is 17.7 Å². The largest absolute Gasteiger partial charge is 0.479 e. The minimum Gasteiger partial charge on any atom is -0.479 e. The number of ether oxygens (including phenoxy) is 1. The molecule has 8 aliphatic rings. The Labute approximate surface area is 323 Å². The molecule has 3 saturated carbocycles. The van der Waals surface area contributed by atoms with E-state index < -0.39 is 29.5 Å². The molecule has 0 spiro atoms. The Bertz CT molecular complexity index is 1420. The van der Waals surface area contributed by atoms with Crippen molar-refractivity contribution in [2.45, 2.75) is 150 Å². The second-order valence-electron chi connectivity index (χ2n) is 17.4. The quantitative estimate of drug-likeness (QED) is 0.187. The van der Waals surface area contributed by atoms with Crippen LogP contribution in [0.5, 0.6) is 0 Å². The molecule has 0 aromatic rings. The van der Waals surface area contributed by atoms with Crippen LogP contribution < -0.4 is 32.1 Å². The molecule has 8 rings (SSSR count). The first-order valence-corrected chi connectivity index (χ1v) is 22.1. The Kier molecular flexibility index (Phi) is 11.9. The summed E-state index contributed by atoms with van der Waals surface area (Å²) in [5.74, 6) is -0.489. The molecule has 300 valence electrons. The summed E-state index contributed by atoms with van der Waals surface area (Å²) in [6.07, 6.45) is 17.4. The number of hydrogen-bond donors (Lipinski definition) is 7. The summed E-state index contributed by atoms with van der Waals surface area (Å²) in [6.45, 7) is 1.86. The van der Waals surface area contributed by atoms with Gasteiger partial charge in [0.15, 0.2) is 0 Å². The monoisotopic (exact) mass is 770 g/mol. The zero-order valence-corrected chi connectivity index (χ0v) is 32.6. The molecule has 5 aliphatic heterocycles. The van der Waals surface area contributed by atoms with Gasteiger partial charge in [-0.05, 0) is 82.5 Å². The number of hydrazine groups is 2. The van der Waals surface area contributed by atoms with Gasteiger partial charge in [-0.15, -0.1) is 11.8 Å². The van der Waals surface area contributed by atoms with Crippen LogP contribution in [0.15, 0.2) is 12.2 Å². The van der Waals surface area contributed by atoms with Gasteiger partial charge in [-0.1, -0.05) is 37.8 Å². The third kappa shape index (κ3) is 7.84. The second kappa shape index (κ2) is 16.7. The van der Waals surface area contributed by atoms with E-state index in [1.54, 1.807) is 12.0 Å². The maximum Gasteiger partial charge on any atom is 0.330 e. The molecule has 11 atom stereocenters. The summed E-state index contributed by atoms with van der Waals surface area (Å²) in [7, 11) is 1.80. The molecule has 54 heavy (non-hydrogen) atoms. The molecule has 0 aromatic carbocycles. The molecule has 0 bridgehead atoms. The molecule has 0 aromatic heterocycles. The lowest BCUT2D eigenvalue weighted by Gasteiger charge is -2.35. The number of methoxy groups -OCH3 is 1. The van der Waals surface area contributed by atoms with Crippen molar-refractivity contribution in [1.29, 1.82) is 0 Å². The summed E-state index contributed by atoms with van der Waals surface area (Å²) < 4.78 is 5.69. The number of nitrogens with zero attached hydrogens (tertiary/aromatic N) is 2. The van der Waals surface area contributed by atoms with E-state index in [1.807, 2.05) is 23.9 Å². The predicted molar refractivity (Wildman–Crippen MR) is 205 cm³/mol. The minimum atomic E-state index is -1.37. The van der Waals surface area contributed by atoms with Crippen molar-refractivity contribution in [2.24, 2.45) is 23.7 Å². The van der Waals surface area contributed by atoms with Gasteiger partial charge in [0, 0.05) is 50.5 Å². The van der Waals surface area contributed by atoms with Crippen molar-refractivity contribution in [3.05, 3.63) is 12.2 Å². The van der Waals surface area contributed by atoms with E-state index in [4.69, 9.17) is 4.74 Å². The topological polar surface area (TPSA) is 176 Å². The van der Waals surface area contributed by atoms with Crippen molar-refractivity contribution in [2.75, 3.05) is 32.5 Å². The molecule has 6 unspecified atom stereocenters. The van der Waals surface area contributed by atoms with Crippen molar-refractivity contribution in [1.82, 2.24) is 42.1 Å². The fourth-order valence-electron chi connectivity index (χ4n) is 10.9. The van der Waals surface area contributed by atoms with Gasteiger partial charge in [0.1, 0.15) is 17.6 Å². The summed E-state index contributed by atoms with van der Waals surface area (Å²) in [5, 5.41) is 26.0. The molecular weight excluding hydrogens is 709 g/mol. The molecule has 3 aliphatic carbocycles. The standard InChI is InChI=1S/C39H62N8O6S/c1-53-26-15-13-23(14-16-26)32-33(36-40-17-18-54-36)45-47(44-32)25-19-31-35(49)43-39(38(51)52)20-24(39)9-5-3-2-4-6-12-30(37(50)46(31)22-25)42-34(48)28-21-41-29-11-8-7-10-27(28)29/h5,9,23-33,36,40-41,44-45H,2-4,6-8,10-22H2,1H3,(H,42,48)(H,43,49)(H,51,52)/b9-5-/t23?,24-,25-,26?,27?,28?,29?,30-,31+,32?,33?,36?,39+/m1/s1. The third-order valence-electron chi connectivity index (χ3n) is 14.2. The van der Waals surface area contributed by atoms with Crippen LogP contribution in [-0.4, -0.2) is 125 Å². The van der Waals surface area contributed by atoms with E-state index in [-0.39, 0.29) is 59.6 Å². The highest BCUT2D eigenvalue weighted by Gasteiger charge is 2.62. The van der Waals surface area contributed by atoms with Crippen molar-refractivity contribution < 1.29 is 29.0 Å². The van der Waals surface area contributed by atoms with E-state index in [1.165, 1.54) is 6.42 Å². The zero-order chi connectivity index (χ0) is 37.4. The number of thioether (sulfide) groups is 1. The average Bonchev–Trinajstić information content (AvgIpc) is 3.79. The summed E-state index contributed by atoms with van der Waals surface area (Å²) in [5.41, 5.74) is 6.26. The Morgan fingerprint density at radius 1 is 0.981 bits per heavy atom. The lowest BCUT2D eigenvalue weighted by atomic mass is 9.79. The predicted octanol–water partition coefficient (Wildman–Crippen LogP) is 1.63. The van der Waals surface area contributed by atoms with Gasteiger partial charge >= 0.3 is 5.97 Å². The lowest BCUT2D eigenvalue weighted by molar-refractivity contribution is -0.146. The van der Waals surface area contributed by atoms with E-state index >= 15 is 0 Å². The first-order chi connectivity index (χ1) is 26.3. The number of hydrogen-bond acceptors (Lipinski definition) is 11. The van der Waals surface area contributed by atoms with Crippen molar-refractivity contribution in [3.63, 3.8) is 0 Å². The molecule has 14 nitrogen and oxygen atoms in total. The summed E-state index contributed by atoms with van der Waals surface area (Å²) >= 11 is 1.93. The van der Waals surface area contributed by atoms with Gasteiger partial charge in [-0.25, -0.2) is 15.6 Å². The van der Waals surface area contributed by atoms with Gasteiger partial charge in [-0.3, -0.25) is 14.4 Å². The van der Waals surface area contributed by atoms with Crippen molar-refractivity contribution in [3.8, 4) is 0 Å². The molecule has 4 saturated heterocycles. The van der Waals surface area contributed by atoms with Gasteiger partial charge in [-0.2, -0.15) is 5.12 Å². The number of nitrogens with one attached hydrogen (secondary N) is 6. The maximum absolute atomic E-state index is 14.9.